The van der Waals surface area contributed by atoms with Crippen molar-refractivity contribution in [3.63, 3.8) is 0 Å². The van der Waals surface area contributed by atoms with Gasteiger partial charge in [-0.05, 0) is 43.9 Å². The van der Waals surface area contributed by atoms with Gasteiger partial charge in [-0.3, -0.25) is 9.48 Å². The summed E-state index contributed by atoms with van der Waals surface area (Å²) in [6, 6.07) is 5.57. The van der Waals surface area contributed by atoms with Crippen LogP contribution in [0.5, 0.6) is 0 Å². The van der Waals surface area contributed by atoms with Gasteiger partial charge in [-0.25, -0.2) is 4.98 Å². The normalized spacial score (nSPS) is 25.5. The first-order valence-corrected chi connectivity index (χ1v) is 8.69. The summed E-state index contributed by atoms with van der Waals surface area (Å²) in [6.45, 7) is 0. The van der Waals surface area contributed by atoms with E-state index >= 15 is 0 Å². The third-order valence-corrected chi connectivity index (χ3v) is 5.50. The van der Waals surface area contributed by atoms with Crippen molar-refractivity contribution in [3.8, 4) is 0 Å². The minimum atomic E-state index is -4.55. The van der Waals surface area contributed by atoms with Gasteiger partial charge < -0.3 is 4.90 Å². The number of aromatic nitrogens is 3. The number of rotatable bonds is 2. The molecule has 0 aromatic carbocycles. The summed E-state index contributed by atoms with van der Waals surface area (Å²) in [5, 5.41) is 4.22. The molecule has 0 saturated carbocycles. The standard InChI is InChI=1S/C18H19F3N4O/c1-24-15(7-8-22-24)11-9-12-5-6-13(10-11)25(12)17(26)14-3-2-4-16(23-14)18(19,20)21/h2-4,7-8,11-13H,5-6,9-10H2,1H3. The van der Waals surface area contributed by atoms with E-state index in [2.05, 4.69) is 10.1 Å². The molecule has 2 unspecified atom stereocenters. The summed E-state index contributed by atoms with van der Waals surface area (Å²) in [4.78, 5) is 18.2. The Hall–Kier alpha value is -2.38. The number of hydrogen-bond acceptors (Lipinski definition) is 3. The maximum absolute atomic E-state index is 12.9. The van der Waals surface area contributed by atoms with Crippen LogP contribution in [0, 0.1) is 0 Å². The van der Waals surface area contributed by atoms with Crippen LogP contribution in [0.4, 0.5) is 13.2 Å². The molecular weight excluding hydrogens is 345 g/mol. The molecule has 4 rings (SSSR count). The third kappa shape index (κ3) is 2.87. The van der Waals surface area contributed by atoms with Crippen LogP contribution in [0.2, 0.25) is 0 Å². The Labute approximate surface area is 148 Å². The molecule has 2 bridgehead atoms. The molecule has 138 valence electrons. The van der Waals surface area contributed by atoms with Gasteiger partial charge in [0.2, 0.25) is 0 Å². The number of nitrogens with zero attached hydrogens (tertiary/aromatic N) is 4. The quantitative estimate of drug-likeness (QED) is 0.821. The number of aryl methyl sites for hydroxylation is 1. The molecule has 2 atom stereocenters. The highest BCUT2D eigenvalue weighted by Crippen LogP contribution is 2.43. The zero-order valence-corrected chi connectivity index (χ0v) is 14.3. The van der Waals surface area contributed by atoms with Crippen LogP contribution in [0.15, 0.2) is 30.5 Å². The molecule has 2 aromatic heterocycles. The topological polar surface area (TPSA) is 51.0 Å². The van der Waals surface area contributed by atoms with Gasteiger partial charge in [0.15, 0.2) is 0 Å². The maximum atomic E-state index is 12.9. The van der Waals surface area contributed by atoms with Crippen molar-refractivity contribution in [1.29, 1.82) is 0 Å². The van der Waals surface area contributed by atoms with E-state index in [1.807, 2.05) is 17.8 Å². The second-order valence-corrected chi connectivity index (χ2v) is 7.05. The lowest BCUT2D eigenvalue weighted by molar-refractivity contribution is -0.141. The number of carbonyl (C=O) groups excluding carboxylic acids is 1. The number of amides is 1. The van der Waals surface area contributed by atoms with E-state index in [0.717, 1.165) is 37.4 Å². The molecule has 26 heavy (non-hydrogen) atoms. The Bertz CT molecular complexity index is 818. The molecule has 2 saturated heterocycles. The summed E-state index contributed by atoms with van der Waals surface area (Å²) < 4.78 is 40.5. The van der Waals surface area contributed by atoms with Crippen molar-refractivity contribution in [2.24, 2.45) is 7.05 Å². The molecule has 4 heterocycles. The summed E-state index contributed by atoms with van der Waals surface area (Å²) >= 11 is 0. The molecule has 2 aliphatic rings. The average molecular weight is 364 g/mol. The number of halogens is 3. The van der Waals surface area contributed by atoms with Crippen LogP contribution in [-0.4, -0.2) is 37.7 Å². The number of alkyl halides is 3. The third-order valence-electron chi connectivity index (χ3n) is 5.50. The van der Waals surface area contributed by atoms with E-state index < -0.39 is 17.8 Å². The molecule has 2 fully saturated rings. The molecule has 1 amide bonds. The van der Waals surface area contributed by atoms with Crippen molar-refractivity contribution in [3.05, 3.63) is 47.5 Å². The Kier molecular flexibility index (Phi) is 4.00. The predicted octanol–water partition coefficient (Wildman–Crippen LogP) is 3.38. The van der Waals surface area contributed by atoms with Gasteiger partial charge >= 0.3 is 6.18 Å². The zero-order chi connectivity index (χ0) is 18.5. The van der Waals surface area contributed by atoms with Crippen molar-refractivity contribution >= 4 is 5.91 Å². The van der Waals surface area contributed by atoms with Crippen molar-refractivity contribution in [2.45, 2.75) is 49.9 Å². The number of hydrogen-bond donors (Lipinski definition) is 0. The summed E-state index contributed by atoms with van der Waals surface area (Å²) in [6.07, 6.45) is 0.581. The van der Waals surface area contributed by atoms with E-state index in [0.29, 0.717) is 5.92 Å². The first kappa shape index (κ1) is 17.1. The van der Waals surface area contributed by atoms with Gasteiger partial charge in [-0.1, -0.05) is 6.07 Å². The van der Waals surface area contributed by atoms with Crippen molar-refractivity contribution < 1.29 is 18.0 Å². The lowest BCUT2D eigenvalue weighted by atomic mass is 9.88. The van der Waals surface area contributed by atoms with Crippen molar-refractivity contribution in [2.75, 3.05) is 0 Å². The summed E-state index contributed by atoms with van der Waals surface area (Å²) in [7, 11) is 1.90. The molecule has 0 aliphatic carbocycles. The largest absolute Gasteiger partial charge is 0.433 e. The van der Waals surface area contributed by atoms with Crippen LogP contribution in [-0.2, 0) is 13.2 Å². The van der Waals surface area contributed by atoms with Crippen molar-refractivity contribution in [1.82, 2.24) is 19.7 Å². The minimum Gasteiger partial charge on any atom is -0.331 e. The Morgan fingerprint density at radius 2 is 1.85 bits per heavy atom. The molecule has 5 nitrogen and oxygen atoms in total. The highest BCUT2D eigenvalue weighted by Gasteiger charge is 2.45. The first-order valence-electron chi connectivity index (χ1n) is 8.69. The average Bonchev–Trinajstić information content (AvgIpc) is 3.14. The lowest BCUT2D eigenvalue weighted by Gasteiger charge is -2.39. The number of carbonyl (C=O) groups is 1. The van der Waals surface area contributed by atoms with E-state index in [1.165, 1.54) is 12.1 Å². The molecular formula is C18H19F3N4O. The second-order valence-electron chi connectivity index (χ2n) is 7.05. The zero-order valence-electron chi connectivity index (χ0n) is 14.3. The highest BCUT2D eigenvalue weighted by molar-refractivity contribution is 5.93. The van der Waals surface area contributed by atoms with E-state index in [4.69, 9.17) is 0 Å². The van der Waals surface area contributed by atoms with Gasteiger partial charge in [0.05, 0.1) is 0 Å². The smallest absolute Gasteiger partial charge is 0.331 e. The number of pyridine rings is 1. The fraction of sp³-hybridized carbons (Fsp3) is 0.500. The summed E-state index contributed by atoms with van der Waals surface area (Å²) in [5.41, 5.74) is -0.0117. The fourth-order valence-electron chi connectivity index (χ4n) is 4.38. The van der Waals surface area contributed by atoms with Gasteiger partial charge in [0.1, 0.15) is 11.4 Å². The fourth-order valence-corrected chi connectivity index (χ4v) is 4.38. The molecule has 0 spiro atoms. The lowest BCUT2D eigenvalue weighted by Crippen LogP contribution is -2.46. The van der Waals surface area contributed by atoms with Gasteiger partial charge in [0.25, 0.3) is 5.91 Å². The first-order chi connectivity index (χ1) is 12.3. The monoisotopic (exact) mass is 364 g/mol. The van der Waals surface area contributed by atoms with Crippen LogP contribution in [0.3, 0.4) is 0 Å². The maximum Gasteiger partial charge on any atom is 0.433 e. The molecule has 0 radical (unpaired) electrons. The molecule has 0 N–H and O–H groups in total. The van der Waals surface area contributed by atoms with Crippen LogP contribution in [0.1, 0.15) is 53.5 Å². The van der Waals surface area contributed by atoms with Crippen LogP contribution < -0.4 is 0 Å². The number of fused-ring (bicyclic) bond motifs is 2. The summed E-state index contributed by atoms with van der Waals surface area (Å²) in [5.74, 6) is -0.0782. The Balaban J connectivity index is 1.56. The predicted molar refractivity (Wildman–Crippen MR) is 87.4 cm³/mol. The molecule has 2 aliphatic heterocycles. The Morgan fingerprint density at radius 3 is 2.42 bits per heavy atom. The van der Waals surface area contributed by atoms with Crippen LogP contribution >= 0.6 is 0 Å². The molecule has 8 heteroatoms. The van der Waals surface area contributed by atoms with E-state index in [9.17, 15) is 18.0 Å². The highest BCUT2D eigenvalue weighted by atomic mass is 19.4. The van der Waals surface area contributed by atoms with Crippen LogP contribution in [0.25, 0.3) is 0 Å². The van der Waals surface area contributed by atoms with Gasteiger partial charge in [-0.2, -0.15) is 18.3 Å². The minimum absolute atomic E-state index is 0.0393. The number of piperidine rings is 1. The second kappa shape index (κ2) is 6.10. The molecule has 2 aromatic rings. The van der Waals surface area contributed by atoms with Gasteiger partial charge in [-0.15, -0.1) is 0 Å². The Morgan fingerprint density at radius 1 is 1.15 bits per heavy atom. The SMILES string of the molecule is Cn1nccc1C1CC2CCC(C1)N2C(=O)c1cccc(C(F)(F)F)n1. The van der Waals surface area contributed by atoms with E-state index in [1.54, 1.807) is 11.1 Å². The van der Waals surface area contributed by atoms with Gasteiger partial charge in [0, 0.05) is 36.9 Å². The van der Waals surface area contributed by atoms with E-state index in [-0.39, 0.29) is 17.8 Å².